The second-order valence-electron chi connectivity index (χ2n) is 4.88. The van der Waals surface area contributed by atoms with Gasteiger partial charge in [-0.15, -0.1) is 0 Å². The van der Waals surface area contributed by atoms with Gasteiger partial charge in [-0.25, -0.2) is 0 Å². The van der Waals surface area contributed by atoms with E-state index < -0.39 is 0 Å². The fourth-order valence-electron chi connectivity index (χ4n) is 2.46. The van der Waals surface area contributed by atoms with Crippen LogP contribution in [0, 0.1) is 0 Å². The van der Waals surface area contributed by atoms with Crippen molar-refractivity contribution in [1.29, 1.82) is 0 Å². The van der Waals surface area contributed by atoms with Crippen molar-refractivity contribution in [3.63, 3.8) is 0 Å². The molecule has 21 heavy (non-hydrogen) atoms. The van der Waals surface area contributed by atoms with Gasteiger partial charge in [0.25, 0.3) is 0 Å². The normalized spacial score (nSPS) is 12.7. The van der Waals surface area contributed by atoms with Gasteiger partial charge in [0.2, 0.25) is 0 Å². The summed E-state index contributed by atoms with van der Waals surface area (Å²) >= 11 is 9.65. The molecular weight excluding hydrogens is 354 g/mol. The van der Waals surface area contributed by atoms with Crippen LogP contribution in [0.1, 0.15) is 11.1 Å². The molecule has 0 fully saturated rings. The van der Waals surface area contributed by atoms with Crippen molar-refractivity contribution in [2.75, 3.05) is 19.0 Å². The van der Waals surface area contributed by atoms with E-state index in [1.807, 2.05) is 30.3 Å². The van der Waals surface area contributed by atoms with E-state index >= 15 is 0 Å². The van der Waals surface area contributed by atoms with Crippen molar-refractivity contribution in [2.24, 2.45) is 0 Å². The van der Waals surface area contributed by atoms with E-state index in [9.17, 15) is 0 Å². The molecule has 0 spiro atoms. The van der Waals surface area contributed by atoms with Gasteiger partial charge in [0.05, 0.1) is 13.7 Å². The van der Waals surface area contributed by atoms with Crippen molar-refractivity contribution in [2.45, 2.75) is 13.0 Å². The Bertz CT molecular complexity index is 676. The molecule has 1 aliphatic heterocycles. The number of halogens is 2. The summed E-state index contributed by atoms with van der Waals surface area (Å²) < 4.78 is 11.9. The molecule has 3 nitrogen and oxygen atoms in total. The number of hydrogen-bond donors (Lipinski definition) is 1. The number of ether oxygens (including phenoxy) is 2. The highest BCUT2D eigenvalue weighted by atomic mass is 79.9. The Morgan fingerprint density at radius 2 is 2.14 bits per heavy atom. The highest BCUT2D eigenvalue weighted by Crippen LogP contribution is 2.33. The predicted molar refractivity (Wildman–Crippen MR) is 88.7 cm³/mol. The number of methoxy groups -OCH3 is 1. The van der Waals surface area contributed by atoms with Gasteiger partial charge < -0.3 is 14.8 Å². The quantitative estimate of drug-likeness (QED) is 0.851. The van der Waals surface area contributed by atoms with E-state index in [0.717, 1.165) is 45.3 Å². The zero-order valence-electron chi connectivity index (χ0n) is 11.6. The molecule has 0 atom stereocenters. The molecule has 0 aliphatic carbocycles. The molecule has 1 aliphatic rings. The smallest absolute Gasteiger partial charge is 0.127 e. The van der Waals surface area contributed by atoms with Crippen LogP contribution < -0.4 is 14.8 Å². The van der Waals surface area contributed by atoms with Gasteiger partial charge in [-0.3, -0.25) is 0 Å². The minimum Gasteiger partial charge on any atom is -0.497 e. The molecule has 0 saturated carbocycles. The van der Waals surface area contributed by atoms with E-state index in [-0.39, 0.29) is 0 Å². The summed E-state index contributed by atoms with van der Waals surface area (Å²) in [6.45, 7) is 1.38. The molecule has 1 N–H and O–H groups in total. The van der Waals surface area contributed by atoms with Crippen molar-refractivity contribution in [1.82, 2.24) is 0 Å². The Hall–Kier alpha value is -1.39. The Balaban J connectivity index is 1.81. The summed E-state index contributed by atoms with van der Waals surface area (Å²) in [5.74, 6) is 1.77. The summed E-state index contributed by atoms with van der Waals surface area (Å²) in [7, 11) is 1.66. The van der Waals surface area contributed by atoms with Crippen molar-refractivity contribution in [3.8, 4) is 11.5 Å². The molecule has 110 valence electrons. The van der Waals surface area contributed by atoms with Gasteiger partial charge in [0, 0.05) is 39.8 Å². The summed E-state index contributed by atoms with van der Waals surface area (Å²) in [5.41, 5.74) is 3.24. The van der Waals surface area contributed by atoms with E-state index in [4.69, 9.17) is 21.1 Å². The molecule has 0 aromatic heterocycles. The predicted octanol–water partition coefficient (Wildman–Crippen LogP) is 4.66. The summed E-state index contributed by atoms with van der Waals surface area (Å²) in [5, 5.41) is 4.14. The van der Waals surface area contributed by atoms with Crippen molar-refractivity contribution >= 4 is 33.2 Å². The lowest BCUT2D eigenvalue weighted by atomic mass is 10.1. The van der Waals surface area contributed by atoms with Crippen molar-refractivity contribution < 1.29 is 9.47 Å². The first-order valence-corrected chi connectivity index (χ1v) is 7.85. The van der Waals surface area contributed by atoms with Crippen LogP contribution in [-0.4, -0.2) is 13.7 Å². The first kappa shape index (κ1) is 14.5. The zero-order valence-corrected chi connectivity index (χ0v) is 13.9. The molecule has 3 rings (SSSR count). The average Bonchev–Trinajstić information content (AvgIpc) is 2.92. The first-order chi connectivity index (χ1) is 10.2. The van der Waals surface area contributed by atoms with Gasteiger partial charge in [-0.05, 0) is 29.8 Å². The molecule has 0 unspecified atom stereocenters. The van der Waals surface area contributed by atoms with E-state index in [2.05, 4.69) is 21.2 Å². The standard InChI is InChI=1S/C16H15BrClNO2/c1-20-15-7-12(17)6-14(8-15)19-9-11-5-13(18)4-10-2-3-21-16(10)11/h4-8,19H,2-3,9H2,1H3. The summed E-state index contributed by atoms with van der Waals surface area (Å²) in [6.07, 6.45) is 0.924. The lowest BCUT2D eigenvalue weighted by Crippen LogP contribution is -2.02. The average molecular weight is 369 g/mol. The van der Waals surface area contributed by atoms with E-state index in [0.29, 0.717) is 6.54 Å². The van der Waals surface area contributed by atoms with Crippen LogP contribution in [0.4, 0.5) is 5.69 Å². The van der Waals surface area contributed by atoms with Gasteiger partial charge in [-0.1, -0.05) is 27.5 Å². The lowest BCUT2D eigenvalue weighted by Gasteiger charge is -2.12. The highest BCUT2D eigenvalue weighted by molar-refractivity contribution is 9.10. The Labute approximate surface area is 137 Å². The maximum atomic E-state index is 6.17. The molecule has 5 heteroatoms. The second-order valence-corrected chi connectivity index (χ2v) is 6.24. The van der Waals surface area contributed by atoms with Crippen molar-refractivity contribution in [3.05, 3.63) is 51.0 Å². The van der Waals surface area contributed by atoms with Crippen LogP contribution in [0.15, 0.2) is 34.8 Å². The number of nitrogens with one attached hydrogen (secondary N) is 1. The molecule has 2 aromatic rings. The van der Waals surface area contributed by atoms with Crippen LogP contribution in [0.2, 0.25) is 5.02 Å². The largest absolute Gasteiger partial charge is 0.497 e. The van der Waals surface area contributed by atoms with Crippen LogP contribution in [0.3, 0.4) is 0 Å². The molecule has 0 radical (unpaired) electrons. The van der Waals surface area contributed by atoms with Crippen LogP contribution in [-0.2, 0) is 13.0 Å². The number of anilines is 1. The van der Waals surface area contributed by atoms with Crippen LogP contribution in [0.5, 0.6) is 11.5 Å². The maximum absolute atomic E-state index is 6.17. The van der Waals surface area contributed by atoms with Crippen LogP contribution >= 0.6 is 27.5 Å². The van der Waals surface area contributed by atoms with Gasteiger partial charge in [0.15, 0.2) is 0 Å². The Morgan fingerprint density at radius 3 is 2.95 bits per heavy atom. The van der Waals surface area contributed by atoms with Gasteiger partial charge in [0.1, 0.15) is 11.5 Å². The fourth-order valence-corrected chi connectivity index (χ4v) is 3.19. The molecular formula is C16H15BrClNO2. The monoisotopic (exact) mass is 367 g/mol. The Morgan fingerprint density at radius 1 is 1.29 bits per heavy atom. The fraction of sp³-hybridized carbons (Fsp3) is 0.250. The third-order valence-electron chi connectivity index (χ3n) is 3.42. The highest BCUT2D eigenvalue weighted by Gasteiger charge is 2.17. The summed E-state index contributed by atoms with van der Waals surface area (Å²) in [6, 6.07) is 9.82. The topological polar surface area (TPSA) is 30.5 Å². The third kappa shape index (κ3) is 3.27. The number of rotatable bonds is 4. The minimum atomic E-state index is 0.655. The molecule has 0 saturated heterocycles. The SMILES string of the molecule is COc1cc(Br)cc(NCc2cc(Cl)cc3c2OCC3)c1. The zero-order chi connectivity index (χ0) is 14.8. The molecule has 0 amide bonds. The second kappa shape index (κ2) is 6.16. The molecule has 2 aromatic carbocycles. The molecule has 1 heterocycles. The minimum absolute atomic E-state index is 0.655. The number of hydrogen-bond acceptors (Lipinski definition) is 3. The lowest BCUT2D eigenvalue weighted by molar-refractivity contribution is 0.354. The summed E-state index contributed by atoms with van der Waals surface area (Å²) in [4.78, 5) is 0. The maximum Gasteiger partial charge on any atom is 0.127 e. The Kier molecular flexibility index (Phi) is 4.27. The van der Waals surface area contributed by atoms with Gasteiger partial charge >= 0.3 is 0 Å². The first-order valence-electron chi connectivity index (χ1n) is 6.68. The van der Waals surface area contributed by atoms with Gasteiger partial charge in [-0.2, -0.15) is 0 Å². The van der Waals surface area contributed by atoms with Crippen LogP contribution in [0.25, 0.3) is 0 Å². The third-order valence-corrected chi connectivity index (χ3v) is 4.09. The number of fused-ring (bicyclic) bond motifs is 1. The van der Waals surface area contributed by atoms with E-state index in [1.54, 1.807) is 7.11 Å². The number of benzene rings is 2. The molecule has 0 bridgehead atoms. The van der Waals surface area contributed by atoms with E-state index in [1.165, 1.54) is 5.56 Å².